The number of amides is 1. The number of carboxylic acid groups (broad SMARTS) is 1. The fourth-order valence-corrected chi connectivity index (χ4v) is 3.06. The predicted molar refractivity (Wildman–Crippen MR) is 78.3 cm³/mol. The molecule has 21 heavy (non-hydrogen) atoms. The Morgan fingerprint density at radius 1 is 1.43 bits per heavy atom. The Labute approximate surface area is 124 Å². The van der Waals surface area contributed by atoms with Gasteiger partial charge in [-0.25, -0.2) is 0 Å². The Hall–Kier alpha value is -1.78. The first-order chi connectivity index (χ1) is 9.81. The van der Waals surface area contributed by atoms with Crippen molar-refractivity contribution < 1.29 is 19.1 Å². The van der Waals surface area contributed by atoms with Crippen molar-refractivity contribution in [2.24, 2.45) is 5.41 Å². The monoisotopic (exact) mass is 293 g/mol. The largest absolute Gasteiger partial charge is 0.481 e. The smallest absolute Gasteiger partial charge is 0.311 e. The van der Waals surface area contributed by atoms with E-state index in [4.69, 9.17) is 9.52 Å². The summed E-state index contributed by atoms with van der Waals surface area (Å²) in [6.45, 7) is 6.09. The third-order valence-electron chi connectivity index (χ3n) is 4.40. The SMILES string of the molecule is Cc1coc(CC(=O)O)c1C(=O)N[C@H]1CCCCC1(C)C. The van der Waals surface area contributed by atoms with E-state index in [2.05, 4.69) is 19.2 Å². The molecule has 5 heteroatoms. The molecule has 0 aliphatic heterocycles. The molecular formula is C16H23NO4. The van der Waals surface area contributed by atoms with Gasteiger partial charge in [0.2, 0.25) is 0 Å². The van der Waals surface area contributed by atoms with Crippen LogP contribution >= 0.6 is 0 Å². The lowest BCUT2D eigenvalue weighted by atomic mass is 9.73. The number of carbonyl (C=O) groups is 2. The molecule has 0 bridgehead atoms. The fraction of sp³-hybridized carbons (Fsp3) is 0.625. The first kappa shape index (κ1) is 15.6. The number of rotatable bonds is 4. The van der Waals surface area contributed by atoms with Crippen molar-refractivity contribution in [2.45, 2.75) is 58.9 Å². The minimum Gasteiger partial charge on any atom is -0.481 e. The molecule has 116 valence electrons. The highest BCUT2D eigenvalue weighted by molar-refractivity contribution is 5.97. The maximum Gasteiger partial charge on any atom is 0.311 e. The third-order valence-corrected chi connectivity index (χ3v) is 4.40. The van der Waals surface area contributed by atoms with Crippen molar-refractivity contribution in [1.82, 2.24) is 5.32 Å². The standard InChI is InChI=1S/C16H23NO4/c1-10-9-21-11(8-13(18)19)14(10)15(20)17-12-6-4-5-7-16(12,2)3/h9,12H,4-8H2,1-3H3,(H,17,20)(H,18,19)/t12-/m0/s1. The van der Waals surface area contributed by atoms with Gasteiger partial charge in [-0.05, 0) is 25.2 Å². The van der Waals surface area contributed by atoms with Gasteiger partial charge in [-0.1, -0.05) is 26.7 Å². The molecule has 5 nitrogen and oxygen atoms in total. The van der Waals surface area contributed by atoms with E-state index >= 15 is 0 Å². The third kappa shape index (κ3) is 3.46. The number of aryl methyl sites for hydroxylation is 1. The topological polar surface area (TPSA) is 79.5 Å². The van der Waals surface area contributed by atoms with Gasteiger partial charge in [0.25, 0.3) is 5.91 Å². The second-order valence-electron chi connectivity index (χ2n) is 6.55. The molecule has 1 aromatic heterocycles. The number of hydrogen-bond donors (Lipinski definition) is 2. The summed E-state index contributed by atoms with van der Waals surface area (Å²) in [6.07, 6.45) is 5.52. The zero-order valence-corrected chi connectivity index (χ0v) is 12.9. The van der Waals surface area contributed by atoms with Crippen LogP contribution in [0.1, 0.15) is 61.2 Å². The van der Waals surface area contributed by atoms with Gasteiger partial charge in [0, 0.05) is 11.6 Å². The predicted octanol–water partition coefficient (Wildman–Crippen LogP) is 2.91. The van der Waals surface area contributed by atoms with E-state index < -0.39 is 5.97 Å². The van der Waals surface area contributed by atoms with Crippen LogP contribution in [-0.4, -0.2) is 23.0 Å². The number of hydrogen-bond acceptors (Lipinski definition) is 3. The molecule has 0 radical (unpaired) electrons. The van der Waals surface area contributed by atoms with Crippen LogP contribution < -0.4 is 5.32 Å². The van der Waals surface area contributed by atoms with E-state index in [9.17, 15) is 9.59 Å². The van der Waals surface area contributed by atoms with Crippen molar-refractivity contribution in [1.29, 1.82) is 0 Å². The van der Waals surface area contributed by atoms with Crippen molar-refractivity contribution in [2.75, 3.05) is 0 Å². The second-order valence-corrected chi connectivity index (χ2v) is 6.55. The van der Waals surface area contributed by atoms with Gasteiger partial charge in [0.05, 0.1) is 11.8 Å². The molecule has 1 amide bonds. The summed E-state index contributed by atoms with van der Waals surface area (Å²) >= 11 is 0. The highest BCUT2D eigenvalue weighted by Gasteiger charge is 2.34. The zero-order valence-electron chi connectivity index (χ0n) is 12.9. The molecule has 2 rings (SSSR count). The van der Waals surface area contributed by atoms with Crippen molar-refractivity contribution in [3.63, 3.8) is 0 Å². The second kappa shape index (κ2) is 5.92. The number of nitrogens with one attached hydrogen (secondary N) is 1. The number of furan rings is 1. The first-order valence-electron chi connectivity index (χ1n) is 7.41. The highest BCUT2D eigenvalue weighted by Crippen LogP contribution is 2.35. The maximum atomic E-state index is 12.5. The van der Waals surface area contributed by atoms with Crippen LogP contribution in [0.3, 0.4) is 0 Å². The van der Waals surface area contributed by atoms with Gasteiger partial charge < -0.3 is 14.8 Å². The van der Waals surface area contributed by atoms with Gasteiger partial charge in [-0.15, -0.1) is 0 Å². The Bertz CT molecular complexity index is 544. The van der Waals surface area contributed by atoms with Crippen LogP contribution in [0.4, 0.5) is 0 Å². The van der Waals surface area contributed by atoms with Gasteiger partial charge in [0.1, 0.15) is 12.2 Å². The molecule has 2 N–H and O–H groups in total. The Morgan fingerprint density at radius 2 is 2.14 bits per heavy atom. The summed E-state index contributed by atoms with van der Waals surface area (Å²) in [5.41, 5.74) is 1.12. The number of aliphatic carboxylic acids is 1. The lowest BCUT2D eigenvalue weighted by Gasteiger charge is -2.39. The average molecular weight is 293 g/mol. The van der Waals surface area contributed by atoms with Crippen molar-refractivity contribution in [3.05, 3.63) is 23.2 Å². The number of carbonyl (C=O) groups excluding carboxylic acids is 1. The normalized spacial score (nSPS) is 21.0. The molecule has 1 heterocycles. The fourth-order valence-electron chi connectivity index (χ4n) is 3.06. The summed E-state index contributed by atoms with van der Waals surface area (Å²) in [6, 6.07) is 0.116. The molecule has 0 aromatic carbocycles. The molecule has 1 saturated carbocycles. The van der Waals surface area contributed by atoms with E-state index in [0.29, 0.717) is 11.1 Å². The highest BCUT2D eigenvalue weighted by atomic mass is 16.4. The van der Waals surface area contributed by atoms with E-state index in [1.165, 1.54) is 12.7 Å². The Morgan fingerprint density at radius 3 is 2.76 bits per heavy atom. The van der Waals surface area contributed by atoms with Crippen LogP contribution in [-0.2, 0) is 11.2 Å². The minimum absolute atomic E-state index is 0.0680. The van der Waals surface area contributed by atoms with Crippen molar-refractivity contribution >= 4 is 11.9 Å². The van der Waals surface area contributed by atoms with Crippen LogP contribution in [0.2, 0.25) is 0 Å². The molecule has 1 aliphatic carbocycles. The summed E-state index contributed by atoms with van der Waals surface area (Å²) in [4.78, 5) is 23.4. The van der Waals surface area contributed by atoms with E-state index in [0.717, 1.165) is 19.3 Å². The van der Waals surface area contributed by atoms with Crippen LogP contribution in [0.15, 0.2) is 10.7 Å². The average Bonchev–Trinajstić information content (AvgIpc) is 2.72. The van der Waals surface area contributed by atoms with E-state index in [-0.39, 0.29) is 29.5 Å². The van der Waals surface area contributed by atoms with E-state index in [1.54, 1.807) is 6.92 Å². The molecule has 1 aromatic rings. The lowest BCUT2D eigenvalue weighted by Crippen LogP contribution is -2.47. The lowest BCUT2D eigenvalue weighted by molar-refractivity contribution is -0.136. The molecule has 0 spiro atoms. The number of carboxylic acids is 1. The van der Waals surface area contributed by atoms with E-state index in [1.807, 2.05) is 0 Å². The van der Waals surface area contributed by atoms with Crippen LogP contribution in [0.5, 0.6) is 0 Å². The van der Waals surface area contributed by atoms with Crippen LogP contribution in [0.25, 0.3) is 0 Å². The maximum absolute atomic E-state index is 12.5. The minimum atomic E-state index is -1.00. The summed E-state index contributed by atoms with van der Waals surface area (Å²) in [7, 11) is 0. The zero-order chi connectivity index (χ0) is 15.6. The molecular weight excluding hydrogens is 270 g/mol. The summed E-state index contributed by atoms with van der Waals surface area (Å²) in [5, 5.41) is 12.0. The van der Waals surface area contributed by atoms with Gasteiger partial charge in [-0.3, -0.25) is 9.59 Å². The Balaban J connectivity index is 2.16. The van der Waals surface area contributed by atoms with Crippen LogP contribution in [0, 0.1) is 12.3 Å². The van der Waals surface area contributed by atoms with Crippen molar-refractivity contribution in [3.8, 4) is 0 Å². The Kier molecular flexibility index (Phi) is 4.40. The van der Waals surface area contributed by atoms with Gasteiger partial charge in [-0.2, -0.15) is 0 Å². The molecule has 0 unspecified atom stereocenters. The summed E-state index contributed by atoms with van der Waals surface area (Å²) < 4.78 is 5.23. The molecule has 1 aliphatic rings. The summed E-state index contributed by atoms with van der Waals surface area (Å²) in [5.74, 6) is -1.00. The quantitative estimate of drug-likeness (QED) is 0.894. The first-order valence-corrected chi connectivity index (χ1v) is 7.41. The van der Waals surface area contributed by atoms with Gasteiger partial charge in [0.15, 0.2) is 0 Å². The molecule has 0 saturated heterocycles. The van der Waals surface area contributed by atoms with Gasteiger partial charge >= 0.3 is 5.97 Å². The molecule has 1 atom stereocenters. The molecule has 1 fully saturated rings.